The average Bonchev–Trinajstić information content (AvgIpc) is 2.39. The van der Waals surface area contributed by atoms with E-state index in [4.69, 9.17) is 0 Å². The van der Waals surface area contributed by atoms with E-state index < -0.39 is 0 Å². The van der Waals surface area contributed by atoms with Crippen LogP contribution in [-0.2, 0) is 0 Å². The molecule has 15 heavy (non-hydrogen) atoms. The van der Waals surface area contributed by atoms with E-state index in [-0.39, 0.29) is 11.5 Å². The number of likely N-dealkylation sites (tertiary alicyclic amines) is 1. The predicted octanol–water partition coefficient (Wildman–Crippen LogP) is 2.51. The third kappa shape index (κ3) is 3.76. The molecule has 0 aromatic rings. The van der Waals surface area contributed by atoms with E-state index in [1.807, 2.05) is 0 Å². The van der Waals surface area contributed by atoms with E-state index in [1.165, 1.54) is 13.0 Å². The second kappa shape index (κ2) is 4.84. The first-order chi connectivity index (χ1) is 6.80. The summed E-state index contributed by atoms with van der Waals surface area (Å²) in [5.41, 5.74) is 0.0224. The predicted molar refractivity (Wildman–Crippen MR) is 64.9 cm³/mol. The van der Waals surface area contributed by atoms with Crippen LogP contribution in [0.3, 0.4) is 0 Å². The van der Waals surface area contributed by atoms with Gasteiger partial charge in [0.15, 0.2) is 0 Å². The molecule has 2 heteroatoms. The number of hydrogen-bond donors (Lipinski definition) is 1. The SMILES string of the molecule is CC1CC(C)N(CCC(O)C(C)(C)C)C1. The zero-order valence-electron chi connectivity index (χ0n) is 11.0. The summed E-state index contributed by atoms with van der Waals surface area (Å²) in [5, 5.41) is 9.97. The van der Waals surface area contributed by atoms with Gasteiger partial charge in [-0.25, -0.2) is 0 Å². The van der Waals surface area contributed by atoms with E-state index in [0.29, 0.717) is 6.04 Å². The largest absolute Gasteiger partial charge is 0.393 e. The van der Waals surface area contributed by atoms with Gasteiger partial charge in [0, 0.05) is 19.1 Å². The van der Waals surface area contributed by atoms with Gasteiger partial charge in [-0.05, 0) is 31.1 Å². The van der Waals surface area contributed by atoms with Crippen molar-refractivity contribution in [2.24, 2.45) is 11.3 Å². The van der Waals surface area contributed by atoms with Crippen LogP contribution in [-0.4, -0.2) is 35.2 Å². The first-order valence-electron chi connectivity index (χ1n) is 6.23. The second-order valence-corrected chi connectivity index (χ2v) is 6.36. The zero-order valence-corrected chi connectivity index (χ0v) is 11.0. The lowest BCUT2D eigenvalue weighted by molar-refractivity contribution is 0.0448. The molecule has 3 unspecified atom stereocenters. The number of nitrogens with zero attached hydrogens (tertiary/aromatic N) is 1. The lowest BCUT2D eigenvalue weighted by Crippen LogP contribution is -2.34. The van der Waals surface area contributed by atoms with Crippen LogP contribution in [0.2, 0.25) is 0 Å². The monoisotopic (exact) mass is 213 g/mol. The summed E-state index contributed by atoms with van der Waals surface area (Å²) in [6.45, 7) is 13.2. The molecule has 0 aromatic heterocycles. The molecule has 2 nitrogen and oxygen atoms in total. The van der Waals surface area contributed by atoms with E-state index in [0.717, 1.165) is 18.9 Å². The Morgan fingerprint density at radius 3 is 2.33 bits per heavy atom. The Hall–Kier alpha value is -0.0800. The summed E-state index contributed by atoms with van der Waals surface area (Å²) < 4.78 is 0. The highest BCUT2D eigenvalue weighted by molar-refractivity contribution is 4.82. The molecular formula is C13H27NO. The highest BCUT2D eigenvalue weighted by atomic mass is 16.3. The Kier molecular flexibility index (Phi) is 4.19. The fourth-order valence-corrected chi connectivity index (χ4v) is 2.42. The molecule has 0 bridgehead atoms. The van der Waals surface area contributed by atoms with Gasteiger partial charge in [0.1, 0.15) is 0 Å². The first-order valence-corrected chi connectivity index (χ1v) is 6.23. The minimum absolute atomic E-state index is 0.0224. The topological polar surface area (TPSA) is 23.5 Å². The van der Waals surface area contributed by atoms with Crippen molar-refractivity contribution in [3.05, 3.63) is 0 Å². The number of hydrogen-bond acceptors (Lipinski definition) is 2. The average molecular weight is 213 g/mol. The van der Waals surface area contributed by atoms with Crippen molar-refractivity contribution in [2.45, 2.75) is 59.6 Å². The summed E-state index contributed by atoms with van der Waals surface area (Å²) in [7, 11) is 0. The van der Waals surface area contributed by atoms with Gasteiger partial charge in [-0.3, -0.25) is 0 Å². The smallest absolute Gasteiger partial charge is 0.0600 e. The van der Waals surface area contributed by atoms with Crippen LogP contribution >= 0.6 is 0 Å². The molecule has 1 aliphatic rings. The molecule has 1 N–H and O–H groups in total. The van der Waals surface area contributed by atoms with Crippen molar-refractivity contribution in [1.29, 1.82) is 0 Å². The molecule has 1 rings (SSSR count). The molecule has 0 amide bonds. The standard InChI is InChI=1S/C13H27NO/c1-10-8-11(2)14(9-10)7-6-12(15)13(3,4)5/h10-12,15H,6-9H2,1-5H3. The van der Waals surface area contributed by atoms with Gasteiger partial charge in [-0.1, -0.05) is 27.7 Å². The Morgan fingerprint density at radius 1 is 1.33 bits per heavy atom. The molecule has 1 aliphatic heterocycles. The third-order valence-electron chi connectivity index (χ3n) is 3.60. The van der Waals surface area contributed by atoms with E-state index in [1.54, 1.807) is 0 Å². The van der Waals surface area contributed by atoms with Gasteiger partial charge in [-0.2, -0.15) is 0 Å². The Labute approximate surface area is 94.7 Å². The number of rotatable bonds is 3. The summed E-state index contributed by atoms with van der Waals surface area (Å²) >= 11 is 0. The van der Waals surface area contributed by atoms with E-state index >= 15 is 0 Å². The maximum absolute atomic E-state index is 9.97. The van der Waals surface area contributed by atoms with E-state index in [9.17, 15) is 5.11 Å². The third-order valence-corrected chi connectivity index (χ3v) is 3.60. The summed E-state index contributed by atoms with van der Waals surface area (Å²) in [4.78, 5) is 2.51. The van der Waals surface area contributed by atoms with Crippen LogP contribution in [0.15, 0.2) is 0 Å². The molecule has 1 saturated heterocycles. The van der Waals surface area contributed by atoms with E-state index in [2.05, 4.69) is 39.5 Å². The van der Waals surface area contributed by atoms with Gasteiger partial charge in [0.05, 0.1) is 6.10 Å². The molecule has 3 atom stereocenters. The van der Waals surface area contributed by atoms with Gasteiger partial charge in [0.25, 0.3) is 0 Å². The van der Waals surface area contributed by atoms with Crippen LogP contribution in [0.5, 0.6) is 0 Å². The zero-order chi connectivity index (χ0) is 11.6. The van der Waals surface area contributed by atoms with Crippen LogP contribution in [0.4, 0.5) is 0 Å². The fraction of sp³-hybridized carbons (Fsp3) is 1.00. The highest BCUT2D eigenvalue weighted by Gasteiger charge is 2.28. The molecule has 0 spiro atoms. The fourth-order valence-electron chi connectivity index (χ4n) is 2.42. The Morgan fingerprint density at radius 2 is 1.93 bits per heavy atom. The van der Waals surface area contributed by atoms with Crippen molar-refractivity contribution in [3.8, 4) is 0 Å². The minimum atomic E-state index is -0.180. The number of aliphatic hydroxyl groups is 1. The first kappa shape index (κ1) is 13.0. The van der Waals surface area contributed by atoms with Gasteiger partial charge in [0.2, 0.25) is 0 Å². The van der Waals surface area contributed by atoms with Crippen molar-refractivity contribution in [3.63, 3.8) is 0 Å². The molecule has 0 radical (unpaired) electrons. The lowest BCUT2D eigenvalue weighted by Gasteiger charge is -2.29. The van der Waals surface area contributed by atoms with Crippen LogP contribution < -0.4 is 0 Å². The molecule has 1 heterocycles. The summed E-state index contributed by atoms with van der Waals surface area (Å²) in [5.74, 6) is 0.826. The number of aliphatic hydroxyl groups excluding tert-OH is 1. The Bertz CT molecular complexity index is 197. The van der Waals surface area contributed by atoms with Crippen molar-refractivity contribution in [1.82, 2.24) is 4.90 Å². The molecule has 90 valence electrons. The van der Waals surface area contributed by atoms with Crippen molar-refractivity contribution < 1.29 is 5.11 Å². The van der Waals surface area contributed by atoms with Gasteiger partial charge < -0.3 is 10.0 Å². The van der Waals surface area contributed by atoms with Crippen molar-refractivity contribution >= 4 is 0 Å². The molecule has 0 saturated carbocycles. The molecule has 1 fully saturated rings. The quantitative estimate of drug-likeness (QED) is 0.778. The van der Waals surface area contributed by atoms with Gasteiger partial charge in [-0.15, -0.1) is 0 Å². The van der Waals surface area contributed by atoms with Crippen LogP contribution in [0, 0.1) is 11.3 Å². The molecular weight excluding hydrogens is 186 g/mol. The van der Waals surface area contributed by atoms with Crippen LogP contribution in [0.25, 0.3) is 0 Å². The minimum Gasteiger partial charge on any atom is -0.393 e. The maximum Gasteiger partial charge on any atom is 0.0600 e. The molecule has 0 aromatic carbocycles. The molecule has 0 aliphatic carbocycles. The summed E-state index contributed by atoms with van der Waals surface area (Å²) in [6.07, 6.45) is 2.03. The highest BCUT2D eigenvalue weighted by Crippen LogP contribution is 2.25. The van der Waals surface area contributed by atoms with Gasteiger partial charge >= 0.3 is 0 Å². The van der Waals surface area contributed by atoms with Crippen LogP contribution in [0.1, 0.15) is 47.5 Å². The normalized spacial score (nSPS) is 30.8. The maximum atomic E-state index is 9.97. The second-order valence-electron chi connectivity index (χ2n) is 6.36. The Balaban J connectivity index is 2.31. The summed E-state index contributed by atoms with van der Waals surface area (Å²) in [6, 6.07) is 0.701. The van der Waals surface area contributed by atoms with Crippen molar-refractivity contribution in [2.75, 3.05) is 13.1 Å². The lowest BCUT2D eigenvalue weighted by atomic mass is 9.87.